The van der Waals surface area contributed by atoms with E-state index in [4.69, 9.17) is 9.47 Å². The van der Waals surface area contributed by atoms with Gasteiger partial charge in [-0.2, -0.15) is 0 Å². The molecule has 1 aromatic carbocycles. The summed E-state index contributed by atoms with van der Waals surface area (Å²) >= 11 is 0. The summed E-state index contributed by atoms with van der Waals surface area (Å²) in [5, 5.41) is 3.27. The van der Waals surface area contributed by atoms with Crippen LogP contribution in [0.5, 0.6) is 0 Å². The van der Waals surface area contributed by atoms with E-state index >= 15 is 0 Å². The largest absolute Gasteiger partial charge is 0.445 e. The minimum Gasteiger partial charge on any atom is -0.445 e. The van der Waals surface area contributed by atoms with Gasteiger partial charge < -0.3 is 19.7 Å². The Morgan fingerprint density at radius 3 is 2.95 bits per heavy atom. The van der Waals surface area contributed by atoms with Crippen molar-refractivity contribution in [3.05, 3.63) is 35.9 Å². The van der Waals surface area contributed by atoms with Gasteiger partial charge in [-0.25, -0.2) is 4.79 Å². The number of ether oxygens (including phenoxy) is 2. The topological polar surface area (TPSA) is 50.8 Å². The van der Waals surface area contributed by atoms with Crippen molar-refractivity contribution in [2.45, 2.75) is 19.1 Å². The summed E-state index contributed by atoms with van der Waals surface area (Å²) in [6.07, 6.45) is 0.718. The van der Waals surface area contributed by atoms with Gasteiger partial charge in [0.1, 0.15) is 6.61 Å². The molecule has 0 aromatic heterocycles. The quantitative estimate of drug-likeness (QED) is 0.889. The normalized spacial score (nSPS) is 18.6. The average Bonchev–Trinajstić information content (AvgIpc) is 2.52. The molecule has 1 N–H and O–H groups in total. The van der Waals surface area contributed by atoms with Crippen molar-refractivity contribution in [2.24, 2.45) is 0 Å². The second kappa shape index (κ2) is 7.87. The number of rotatable bonds is 5. The third-order valence-corrected chi connectivity index (χ3v) is 3.31. The van der Waals surface area contributed by atoms with E-state index in [1.54, 1.807) is 11.9 Å². The Balaban J connectivity index is 1.66. The van der Waals surface area contributed by atoms with Crippen molar-refractivity contribution >= 4 is 6.09 Å². The molecule has 0 saturated carbocycles. The highest BCUT2D eigenvalue weighted by Crippen LogP contribution is 2.05. The highest BCUT2D eigenvalue weighted by molar-refractivity contribution is 5.67. The van der Waals surface area contributed by atoms with Gasteiger partial charge in [-0.1, -0.05) is 30.3 Å². The molecule has 0 bridgehead atoms. The fraction of sp³-hybridized carbons (Fsp3) is 0.533. The van der Waals surface area contributed by atoms with E-state index in [1.807, 2.05) is 30.3 Å². The Bertz CT molecular complexity index is 405. The Morgan fingerprint density at radius 1 is 1.45 bits per heavy atom. The lowest BCUT2D eigenvalue weighted by Crippen LogP contribution is -2.40. The summed E-state index contributed by atoms with van der Waals surface area (Å²) in [6.45, 7) is 3.46. The molecular formula is C15H22N2O3. The number of amides is 1. The van der Waals surface area contributed by atoms with Gasteiger partial charge >= 0.3 is 6.09 Å². The highest BCUT2D eigenvalue weighted by atomic mass is 16.6. The SMILES string of the molecule is CN(CC[C@@H]1CNCCO1)C(=O)OCc1ccccc1. The molecule has 1 amide bonds. The van der Waals surface area contributed by atoms with Gasteiger partial charge in [0.05, 0.1) is 12.7 Å². The molecular weight excluding hydrogens is 256 g/mol. The van der Waals surface area contributed by atoms with Crippen LogP contribution in [0.15, 0.2) is 30.3 Å². The Hall–Kier alpha value is -1.59. The molecule has 0 radical (unpaired) electrons. The molecule has 20 heavy (non-hydrogen) atoms. The maximum absolute atomic E-state index is 11.8. The van der Waals surface area contributed by atoms with Crippen molar-refractivity contribution in [1.29, 1.82) is 0 Å². The maximum Gasteiger partial charge on any atom is 0.409 e. The van der Waals surface area contributed by atoms with Crippen LogP contribution in [0.2, 0.25) is 0 Å². The predicted octanol–water partition coefficient (Wildman–Crippen LogP) is 1.63. The second-order valence-corrected chi connectivity index (χ2v) is 4.95. The Kier molecular flexibility index (Phi) is 5.83. The molecule has 1 atom stereocenters. The lowest BCUT2D eigenvalue weighted by Gasteiger charge is -2.25. The molecule has 0 unspecified atom stereocenters. The van der Waals surface area contributed by atoms with Crippen molar-refractivity contribution in [3.63, 3.8) is 0 Å². The van der Waals surface area contributed by atoms with Crippen LogP contribution in [0.25, 0.3) is 0 Å². The summed E-state index contributed by atoms with van der Waals surface area (Å²) in [6, 6.07) is 9.68. The number of hydrogen-bond acceptors (Lipinski definition) is 4. The summed E-state index contributed by atoms with van der Waals surface area (Å²) in [7, 11) is 1.75. The van der Waals surface area contributed by atoms with Gasteiger partial charge in [-0.15, -0.1) is 0 Å². The smallest absolute Gasteiger partial charge is 0.409 e. The Labute approximate surface area is 119 Å². The van der Waals surface area contributed by atoms with Gasteiger partial charge in [0.2, 0.25) is 0 Å². The fourth-order valence-electron chi connectivity index (χ4n) is 2.06. The fourth-order valence-corrected chi connectivity index (χ4v) is 2.06. The van der Waals surface area contributed by atoms with E-state index in [0.29, 0.717) is 13.2 Å². The van der Waals surface area contributed by atoms with Crippen LogP contribution in [0.3, 0.4) is 0 Å². The highest BCUT2D eigenvalue weighted by Gasteiger charge is 2.16. The maximum atomic E-state index is 11.8. The van der Waals surface area contributed by atoms with Crippen molar-refractivity contribution in [1.82, 2.24) is 10.2 Å². The number of carbonyl (C=O) groups excluding carboxylic acids is 1. The first-order chi connectivity index (χ1) is 9.75. The standard InChI is InChI=1S/C15H22N2O3/c1-17(9-7-14-11-16-8-10-19-14)15(18)20-12-13-5-3-2-4-6-13/h2-6,14,16H,7-12H2,1H3/t14-/m1/s1. The number of morpholine rings is 1. The zero-order valence-electron chi connectivity index (χ0n) is 11.9. The van der Waals surface area contributed by atoms with Crippen LogP contribution in [0.1, 0.15) is 12.0 Å². The molecule has 1 aliphatic heterocycles. The lowest BCUT2D eigenvalue weighted by atomic mass is 10.2. The van der Waals surface area contributed by atoms with Gasteiger partial charge in [0, 0.05) is 26.7 Å². The Morgan fingerprint density at radius 2 is 2.25 bits per heavy atom. The van der Waals surface area contributed by atoms with Gasteiger partial charge in [-0.3, -0.25) is 0 Å². The van der Waals surface area contributed by atoms with Crippen molar-refractivity contribution in [3.8, 4) is 0 Å². The van der Waals surface area contributed by atoms with E-state index in [-0.39, 0.29) is 12.2 Å². The van der Waals surface area contributed by atoms with E-state index in [1.165, 1.54) is 0 Å². The third-order valence-electron chi connectivity index (χ3n) is 3.31. The van der Waals surface area contributed by atoms with E-state index in [9.17, 15) is 4.79 Å². The number of nitrogens with one attached hydrogen (secondary N) is 1. The van der Waals surface area contributed by atoms with Crippen LogP contribution >= 0.6 is 0 Å². The second-order valence-electron chi connectivity index (χ2n) is 4.95. The van der Waals surface area contributed by atoms with Crippen molar-refractivity contribution in [2.75, 3.05) is 33.3 Å². The first-order valence-corrected chi connectivity index (χ1v) is 7.00. The summed E-state index contributed by atoms with van der Waals surface area (Å²) in [4.78, 5) is 13.4. The van der Waals surface area contributed by atoms with Gasteiger partial charge in [-0.05, 0) is 12.0 Å². The molecule has 110 valence electrons. The first-order valence-electron chi connectivity index (χ1n) is 7.00. The molecule has 5 heteroatoms. The van der Waals surface area contributed by atoms with Gasteiger partial charge in [0.25, 0.3) is 0 Å². The van der Waals surface area contributed by atoms with E-state index in [0.717, 1.165) is 31.7 Å². The zero-order valence-corrected chi connectivity index (χ0v) is 11.9. The first kappa shape index (κ1) is 14.8. The van der Waals surface area contributed by atoms with Crippen LogP contribution in [-0.2, 0) is 16.1 Å². The summed E-state index contributed by atoms with van der Waals surface area (Å²) in [5.74, 6) is 0. The lowest BCUT2D eigenvalue weighted by molar-refractivity contribution is 0.0178. The van der Waals surface area contributed by atoms with E-state index in [2.05, 4.69) is 5.32 Å². The van der Waals surface area contributed by atoms with Crippen LogP contribution in [0, 0.1) is 0 Å². The number of hydrogen-bond donors (Lipinski definition) is 1. The molecule has 0 aliphatic carbocycles. The number of benzene rings is 1. The van der Waals surface area contributed by atoms with Crippen LogP contribution < -0.4 is 5.32 Å². The minimum absolute atomic E-state index is 0.188. The summed E-state index contributed by atoms with van der Waals surface area (Å²) in [5.41, 5.74) is 0.995. The van der Waals surface area contributed by atoms with Crippen LogP contribution in [-0.4, -0.2) is 50.4 Å². The zero-order chi connectivity index (χ0) is 14.2. The molecule has 1 aromatic rings. The predicted molar refractivity (Wildman–Crippen MR) is 76.5 cm³/mol. The molecule has 1 aliphatic rings. The van der Waals surface area contributed by atoms with Gasteiger partial charge in [0.15, 0.2) is 0 Å². The van der Waals surface area contributed by atoms with Crippen LogP contribution in [0.4, 0.5) is 4.79 Å². The van der Waals surface area contributed by atoms with Crippen molar-refractivity contribution < 1.29 is 14.3 Å². The average molecular weight is 278 g/mol. The number of nitrogens with zero attached hydrogens (tertiary/aromatic N) is 1. The van der Waals surface area contributed by atoms with E-state index < -0.39 is 0 Å². The minimum atomic E-state index is -0.294. The molecule has 0 spiro atoms. The molecule has 5 nitrogen and oxygen atoms in total. The molecule has 1 heterocycles. The number of carbonyl (C=O) groups is 1. The molecule has 1 fully saturated rings. The third kappa shape index (κ3) is 4.83. The monoisotopic (exact) mass is 278 g/mol. The molecule has 1 saturated heterocycles. The molecule has 2 rings (SSSR count). The summed E-state index contributed by atoms with van der Waals surface area (Å²) < 4.78 is 10.9.